The third-order valence-electron chi connectivity index (χ3n) is 2.83. The minimum atomic E-state index is -0.534. The molecule has 0 atom stereocenters. The molecule has 1 aliphatic heterocycles. The van der Waals surface area contributed by atoms with Crippen LogP contribution >= 0.6 is 0 Å². The van der Waals surface area contributed by atoms with Crippen LogP contribution < -0.4 is 5.32 Å². The van der Waals surface area contributed by atoms with Crippen LogP contribution in [0.3, 0.4) is 0 Å². The zero-order valence-corrected chi connectivity index (χ0v) is 8.88. The molecule has 0 aromatic heterocycles. The van der Waals surface area contributed by atoms with Crippen molar-refractivity contribution in [2.24, 2.45) is 5.92 Å². The highest BCUT2D eigenvalue weighted by Crippen LogP contribution is 2.28. The topological polar surface area (TPSA) is 58.6 Å². The maximum absolute atomic E-state index is 11.0. The van der Waals surface area contributed by atoms with Crippen molar-refractivity contribution in [2.75, 3.05) is 19.7 Å². The largest absolute Gasteiger partial charge is 0.458 e. The Balaban J connectivity index is 2.49. The normalized spacial score (nSPS) is 19.4. The highest BCUT2D eigenvalue weighted by Gasteiger charge is 2.33. The molecule has 0 amide bonds. The average Bonchev–Trinajstić information content (AvgIpc) is 2.18. The van der Waals surface area contributed by atoms with Crippen molar-refractivity contribution in [3.63, 3.8) is 0 Å². The first-order valence-electron chi connectivity index (χ1n) is 5.09. The summed E-state index contributed by atoms with van der Waals surface area (Å²) in [5.41, 5.74) is -0.456. The molecule has 14 heavy (non-hydrogen) atoms. The molecule has 4 heteroatoms. The van der Waals surface area contributed by atoms with Crippen molar-refractivity contribution in [1.82, 2.24) is 5.32 Å². The first-order chi connectivity index (χ1) is 6.56. The van der Waals surface area contributed by atoms with E-state index in [4.69, 9.17) is 9.84 Å². The van der Waals surface area contributed by atoms with Gasteiger partial charge in [-0.1, -0.05) is 0 Å². The van der Waals surface area contributed by atoms with Gasteiger partial charge >= 0.3 is 5.97 Å². The number of ether oxygens (including phenoxy) is 1. The van der Waals surface area contributed by atoms with Crippen LogP contribution in [-0.2, 0) is 9.53 Å². The molecule has 1 saturated heterocycles. The van der Waals surface area contributed by atoms with E-state index in [9.17, 15) is 4.79 Å². The fourth-order valence-electron chi connectivity index (χ4n) is 1.93. The minimum Gasteiger partial charge on any atom is -0.458 e. The van der Waals surface area contributed by atoms with Crippen LogP contribution in [0.2, 0.25) is 0 Å². The Morgan fingerprint density at radius 1 is 1.50 bits per heavy atom. The summed E-state index contributed by atoms with van der Waals surface area (Å²) in [5, 5.41) is 11.9. The highest BCUT2D eigenvalue weighted by molar-refractivity contribution is 5.70. The van der Waals surface area contributed by atoms with E-state index in [2.05, 4.69) is 5.32 Å². The monoisotopic (exact) mass is 201 g/mol. The van der Waals surface area contributed by atoms with Crippen LogP contribution in [0.5, 0.6) is 0 Å². The quantitative estimate of drug-likeness (QED) is 0.645. The first kappa shape index (κ1) is 11.5. The SMILES string of the molecule is CC(C)(OC(=O)CO)C1CCNCC1. The van der Waals surface area contributed by atoms with Gasteiger partial charge in [0.1, 0.15) is 12.2 Å². The smallest absolute Gasteiger partial charge is 0.332 e. The second kappa shape index (κ2) is 4.75. The predicted octanol–water partition coefficient (Wildman–Crippen LogP) is 0.300. The van der Waals surface area contributed by atoms with Gasteiger partial charge < -0.3 is 15.2 Å². The molecular formula is C10H19NO3. The van der Waals surface area contributed by atoms with Crippen LogP contribution in [0.1, 0.15) is 26.7 Å². The number of aliphatic hydroxyl groups excluding tert-OH is 1. The lowest BCUT2D eigenvalue weighted by atomic mass is 9.83. The van der Waals surface area contributed by atoms with Crippen LogP contribution in [0, 0.1) is 5.92 Å². The average molecular weight is 201 g/mol. The van der Waals surface area contributed by atoms with Gasteiger partial charge in [-0.25, -0.2) is 4.79 Å². The second-order valence-corrected chi connectivity index (χ2v) is 4.26. The van der Waals surface area contributed by atoms with E-state index in [-0.39, 0.29) is 0 Å². The number of carbonyl (C=O) groups is 1. The zero-order chi connectivity index (χ0) is 10.6. The molecule has 0 saturated carbocycles. The van der Waals surface area contributed by atoms with Gasteiger partial charge in [-0.3, -0.25) is 0 Å². The number of piperidine rings is 1. The van der Waals surface area contributed by atoms with Gasteiger partial charge in [0.25, 0.3) is 0 Å². The summed E-state index contributed by atoms with van der Waals surface area (Å²) in [6.45, 7) is 5.25. The summed E-state index contributed by atoms with van der Waals surface area (Å²) >= 11 is 0. The maximum Gasteiger partial charge on any atom is 0.332 e. The van der Waals surface area contributed by atoms with Gasteiger partial charge in [-0.15, -0.1) is 0 Å². The van der Waals surface area contributed by atoms with Crippen molar-refractivity contribution < 1.29 is 14.6 Å². The number of rotatable bonds is 3. The molecule has 82 valence electrons. The van der Waals surface area contributed by atoms with Crippen molar-refractivity contribution in [3.05, 3.63) is 0 Å². The Hall–Kier alpha value is -0.610. The van der Waals surface area contributed by atoms with Crippen LogP contribution in [0.4, 0.5) is 0 Å². The molecule has 1 rings (SSSR count). The Bertz CT molecular complexity index is 198. The van der Waals surface area contributed by atoms with Crippen molar-refractivity contribution >= 4 is 5.97 Å². The number of nitrogens with one attached hydrogen (secondary N) is 1. The fourth-order valence-corrected chi connectivity index (χ4v) is 1.93. The Morgan fingerprint density at radius 3 is 2.57 bits per heavy atom. The Kier molecular flexibility index (Phi) is 3.89. The van der Waals surface area contributed by atoms with E-state index in [1.54, 1.807) is 0 Å². The molecule has 1 fully saturated rings. The third kappa shape index (κ3) is 2.96. The van der Waals surface area contributed by atoms with Gasteiger partial charge in [0, 0.05) is 5.92 Å². The minimum absolute atomic E-state index is 0.388. The van der Waals surface area contributed by atoms with Gasteiger partial charge in [0.15, 0.2) is 0 Å². The molecule has 2 N–H and O–H groups in total. The molecule has 0 aromatic rings. The van der Waals surface area contributed by atoms with Crippen LogP contribution in [0.25, 0.3) is 0 Å². The molecule has 1 aliphatic rings. The Labute approximate surface area is 84.6 Å². The lowest BCUT2D eigenvalue weighted by molar-refractivity contribution is -0.166. The highest BCUT2D eigenvalue weighted by atomic mass is 16.6. The van der Waals surface area contributed by atoms with Crippen molar-refractivity contribution in [3.8, 4) is 0 Å². The van der Waals surface area contributed by atoms with Crippen molar-refractivity contribution in [1.29, 1.82) is 0 Å². The summed E-state index contributed by atoms with van der Waals surface area (Å²) in [5.74, 6) is -0.146. The van der Waals surface area contributed by atoms with E-state index in [0.29, 0.717) is 5.92 Å². The zero-order valence-electron chi connectivity index (χ0n) is 8.88. The van der Waals surface area contributed by atoms with Crippen molar-refractivity contribution in [2.45, 2.75) is 32.3 Å². The number of esters is 1. The number of hydrogen-bond acceptors (Lipinski definition) is 4. The van der Waals surface area contributed by atoms with E-state index < -0.39 is 18.2 Å². The van der Waals surface area contributed by atoms with E-state index in [1.165, 1.54) is 0 Å². The lowest BCUT2D eigenvalue weighted by Crippen LogP contribution is -2.43. The lowest BCUT2D eigenvalue weighted by Gasteiger charge is -2.36. The molecule has 0 radical (unpaired) electrons. The summed E-state index contributed by atoms with van der Waals surface area (Å²) in [6, 6.07) is 0. The standard InChI is InChI=1S/C10H19NO3/c1-10(2,14-9(13)7-12)8-3-5-11-6-4-8/h8,11-12H,3-7H2,1-2H3. The summed E-state index contributed by atoms with van der Waals surface area (Å²) in [4.78, 5) is 11.0. The van der Waals surface area contributed by atoms with Crippen LogP contribution in [0.15, 0.2) is 0 Å². The molecule has 0 aromatic carbocycles. The van der Waals surface area contributed by atoms with Gasteiger partial charge in [-0.2, -0.15) is 0 Å². The van der Waals surface area contributed by atoms with Gasteiger partial charge in [-0.05, 0) is 39.8 Å². The fraction of sp³-hybridized carbons (Fsp3) is 0.900. The van der Waals surface area contributed by atoms with E-state index in [1.807, 2.05) is 13.8 Å². The third-order valence-corrected chi connectivity index (χ3v) is 2.83. The summed E-state index contributed by atoms with van der Waals surface area (Å²) < 4.78 is 5.21. The predicted molar refractivity (Wildman–Crippen MR) is 52.9 cm³/mol. The molecule has 0 unspecified atom stereocenters. The van der Waals surface area contributed by atoms with Crippen LogP contribution in [-0.4, -0.2) is 36.4 Å². The number of carbonyl (C=O) groups excluding carboxylic acids is 1. The maximum atomic E-state index is 11.0. The van der Waals surface area contributed by atoms with Gasteiger partial charge in [0.05, 0.1) is 0 Å². The van der Waals surface area contributed by atoms with E-state index >= 15 is 0 Å². The number of aliphatic hydroxyl groups is 1. The first-order valence-corrected chi connectivity index (χ1v) is 5.09. The number of hydrogen-bond donors (Lipinski definition) is 2. The van der Waals surface area contributed by atoms with E-state index in [0.717, 1.165) is 25.9 Å². The molecule has 0 bridgehead atoms. The second-order valence-electron chi connectivity index (χ2n) is 4.26. The Morgan fingerprint density at radius 2 is 2.07 bits per heavy atom. The van der Waals surface area contributed by atoms with Gasteiger partial charge in [0.2, 0.25) is 0 Å². The molecule has 4 nitrogen and oxygen atoms in total. The molecule has 0 aliphatic carbocycles. The summed E-state index contributed by atoms with van der Waals surface area (Å²) in [7, 11) is 0. The molecule has 1 heterocycles. The molecule has 0 spiro atoms. The molecular weight excluding hydrogens is 182 g/mol. The summed E-state index contributed by atoms with van der Waals surface area (Å²) in [6.07, 6.45) is 2.04.